The minimum absolute atomic E-state index is 0.735. The molecule has 5 aromatic rings. The van der Waals surface area contributed by atoms with Gasteiger partial charge in [-0.3, -0.25) is 0 Å². The maximum absolute atomic E-state index is 9.82. The van der Waals surface area contributed by atoms with Crippen LogP contribution in [0.5, 0.6) is 5.75 Å². The first-order valence-corrected chi connectivity index (χ1v) is 13.2. The summed E-state index contributed by atoms with van der Waals surface area (Å²) >= 11 is 0. The van der Waals surface area contributed by atoms with Gasteiger partial charge in [-0.25, -0.2) is 0 Å². The summed E-state index contributed by atoms with van der Waals surface area (Å²) in [5.74, 6) is 0.849. The maximum Gasteiger partial charge on any atom is 0.119 e. The van der Waals surface area contributed by atoms with Gasteiger partial charge in [-0.1, -0.05) is 72.8 Å². The predicted molar refractivity (Wildman–Crippen MR) is 163 cm³/mol. The first-order chi connectivity index (χ1) is 19.2. The number of nitrogens with zero attached hydrogens (tertiary/aromatic N) is 2. The summed E-state index contributed by atoms with van der Waals surface area (Å²) in [6, 6.07) is 35.8. The van der Waals surface area contributed by atoms with Crippen LogP contribution in [0.4, 0.5) is 11.4 Å². The Labute approximate surface area is 229 Å². The summed E-state index contributed by atoms with van der Waals surface area (Å²) in [6.45, 7) is 0. The van der Waals surface area contributed by atoms with Crippen molar-refractivity contribution in [2.24, 2.45) is 0 Å². The Kier molecular flexibility index (Phi) is 6.68. The number of allylic oxidation sites excluding steroid dienone is 4. The molecule has 0 bridgehead atoms. The molecule has 3 heteroatoms. The number of benzene rings is 5. The van der Waals surface area contributed by atoms with E-state index < -0.39 is 0 Å². The summed E-state index contributed by atoms with van der Waals surface area (Å²) in [7, 11) is 1.69. The van der Waals surface area contributed by atoms with Crippen molar-refractivity contribution in [2.45, 2.75) is 12.8 Å². The predicted octanol–water partition coefficient (Wildman–Crippen LogP) is 9.42. The minimum Gasteiger partial charge on any atom is -0.497 e. The smallest absolute Gasteiger partial charge is 0.119 e. The van der Waals surface area contributed by atoms with E-state index in [9.17, 15) is 5.26 Å². The van der Waals surface area contributed by atoms with Crippen molar-refractivity contribution >= 4 is 45.1 Å². The van der Waals surface area contributed by atoms with Crippen molar-refractivity contribution in [1.29, 1.82) is 5.26 Å². The molecule has 0 saturated heterocycles. The molecule has 0 heterocycles. The molecule has 1 aliphatic carbocycles. The number of fused-ring (bicyclic) bond motifs is 2. The monoisotopic (exact) mass is 504 g/mol. The van der Waals surface area contributed by atoms with Crippen molar-refractivity contribution in [1.82, 2.24) is 0 Å². The molecule has 0 amide bonds. The molecule has 0 saturated carbocycles. The van der Waals surface area contributed by atoms with E-state index in [0.29, 0.717) is 0 Å². The molecule has 0 fully saturated rings. The molecule has 188 valence electrons. The molecular formula is C36H28N2O. The second kappa shape index (κ2) is 10.7. The van der Waals surface area contributed by atoms with Gasteiger partial charge in [-0.15, -0.1) is 0 Å². The van der Waals surface area contributed by atoms with Crippen molar-refractivity contribution in [2.75, 3.05) is 12.0 Å². The van der Waals surface area contributed by atoms with Crippen LogP contribution in [-0.2, 0) is 0 Å². The van der Waals surface area contributed by atoms with E-state index in [1.165, 1.54) is 5.70 Å². The highest BCUT2D eigenvalue weighted by molar-refractivity contribution is 6.05. The zero-order valence-corrected chi connectivity index (χ0v) is 21.8. The average molecular weight is 505 g/mol. The molecule has 0 aromatic heterocycles. The number of ether oxygens (including phenoxy) is 1. The fraction of sp³-hybridized carbons (Fsp3) is 0.0833. The van der Waals surface area contributed by atoms with Crippen LogP contribution >= 0.6 is 0 Å². The molecule has 0 atom stereocenters. The van der Waals surface area contributed by atoms with Gasteiger partial charge in [0, 0.05) is 27.8 Å². The van der Waals surface area contributed by atoms with E-state index in [0.717, 1.165) is 68.2 Å². The zero-order chi connectivity index (χ0) is 26.6. The molecular weight excluding hydrogens is 476 g/mol. The number of anilines is 2. The van der Waals surface area contributed by atoms with Gasteiger partial charge >= 0.3 is 0 Å². The molecule has 0 N–H and O–H groups in total. The fourth-order valence-electron chi connectivity index (χ4n) is 5.23. The first kappa shape index (κ1) is 24.3. The summed E-state index contributed by atoms with van der Waals surface area (Å²) in [4.78, 5) is 2.32. The molecule has 0 radical (unpaired) electrons. The molecule has 0 aliphatic heterocycles. The molecule has 0 spiro atoms. The van der Waals surface area contributed by atoms with Gasteiger partial charge in [0.05, 0.1) is 12.7 Å². The summed E-state index contributed by atoms with van der Waals surface area (Å²) in [6.07, 6.45) is 12.8. The molecule has 1 aliphatic rings. The second-order valence-electron chi connectivity index (χ2n) is 9.65. The molecule has 3 nitrogen and oxygen atoms in total. The van der Waals surface area contributed by atoms with Gasteiger partial charge < -0.3 is 9.64 Å². The maximum atomic E-state index is 9.82. The van der Waals surface area contributed by atoms with Gasteiger partial charge in [-0.05, 0) is 89.3 Å². The standard InChI is InChI=1S/C36H28N2O/c1-39-33-20-18-32(19-21-33)38(30-8-3-2-4-9-30)31-16-13-26(14-17-31)11-12-27-15-22-35-29(23-27)24-28-7-5-6-10-34(28)36(35)25-37/h2-3,5-8,10-24H,4,9H2,1H3. The highest BCUT2D eigenvalue weighted by Gasteiger charge is 2.15. The van der Waals surface area contributed by atoms with Gasteiger partial charge in [-0.2, -0.15) is 5.26 Å². The lowest BCUT2D eigenvalue weighted by molar-refractivity contribution is 0.415. The summed E-state index contributed by atoms with van der Waals surface area (Å²) in [5.41, 5.74) is 6.47. The molecule has 6 rings (SSSR count). The fourth-order valence-corrected chi connectivity index (χ4v) is 5.23. The third kappa shape index (κ3) is 4.93. The minimum atomic E-state index is 0.735. The van der Waals surface area contributed by atoms with E-state index >= 15 is 0 Å². The third-order valence-electron chi connectivity index (χ3n) is 7.23. The summed E-state index contributed by atoms with van der Waals surface area (Å²) in [5, 5.41) is 14.0. The van der Waals surface area contributed by atoms with Crippen molar-refractivity contribution in [3.8, 4) is 11.8 Å². The second-order valence-corrected chi connectivity index (χ2v) is 9.65. The van der Waals surface area contributed by atoms with Gasteiger partial charge in [0.1, 0.15) is 11.8 Å². The molecule has 5 aromatic carbocycles. The van der Waals surface area contributed by atoms with Crippen LogP contribution in [0.2, 0.25) is 0 Å². The van der Waals surface area contributed by atoms with Gasteiger partial charge in [0.15, 0.2) is 0 Å². The Balaban J connectivity index is 1.29. The lowest BCUT2D eigenvalue weighted by atomic mass is 9.96. The largest absolute Gasteiger partial charge is 0.497 e. The van der Waals surface area contributed by atoms with Crippen LogP contribution in [0.3, 0.4) is 0 Å². The average Bonchev–Trinajstić information content (AvgIpc) is 3.00. The zero-order valence-electron chi connectivity index (χ0n) is 21.8. The van der Waals surface area contributed by atoms with Gasteiger partial charge in [0.2, 0.25) is 0 Å². The van der Waals surface area contributed by atoms with E-state index in [1.807, 2.05) is 30.3 Å². The van der Waals surface area contributed by atoms with Crippen molar-refractivity contribution in [3.05, 3.63) is 138 Å². The van der Waals surface area contributed by atoms with Crippen molar-refractivity contribution in [3.63, 3.8) is 0 Å². The van der Waals surface area contributed by atoms with Crippen LogP contribution in [0.15, 0.2) is 121 Å². The van der Waals surface area contributed by atoms with E-state index in [1.54, 1.807) is 7.11 Å². The van der Waals surface area contributed by atoms with Crippen LogP contribution in [-0.4, -0.2) is 7.11 Å². The number of methoxy groups -OCH3 is 1. The van der Waals surface area contributed by atoms with E-state index in [4.69, 9.17) is 4.74 Å². The topological polar surface area (TPSA) is 36.3 Å². The Morgan fingerprint density at radius 1 is 0.769 bits per heavy atom. The SMILES string of the molecule is COc1ccc(N(C2=CC=CCC2)c2ccc(C=Cc3ccc4c(C#N)c5ccccc5cc4c3)cc2)cc1. The Morgan fingerprint density at radius 3 is 2.18 bits per heavy atom. The highest BCUT2D eigenvalue weighted by Crippen LogP contribution is 2.34. The van der Waals surface area contributed by atoms with E-state index in [-0.39, 0.29) is 0 Å². The van der Waals surface area contributed by atoms with Gasteiger partial charge in [0.25, 0.3) is 0 Å². The van der Waals surface area contributed by atoms with Crippen molar-refractivity contribution < 1.29 is 4.74 Å². The third-order valence-corrected chi connectivity index (χ3v) is 7.23. The van der Waals surface area contributed by atoms with Crippen LogP contribution in [0.1, 0.15) is 29.5 Å². The Morgan fingerprint density at radius 2 is 1.46 bits per heavy atom. The Bertz CT molecular complexity index is 1790. The van der Waals surface area contributed by atoms with Crippen LogP contribution in [0.25, 0.3) is 33.7 Å². The highest BCUT2D eigenvalue weighted by atomic mass is 16.5. The quantitative estimate of drug-likeness (QED) is 0.171. The first-order valence-electron chi connectivity index (χ1n) is 13.2. The summed E-state index contributed by atoms with van der Waals surface area (Å²) < 4.78 is 5.37. The lowest BCUT2D eigenvalue weighted by Crippen LogP contribution is -2.17. The number of hydrogen-bond acceptors (Lipinski definition) is 3. The number of rotatable bonds is 6. The van der Waals surface area contributed by atoms with E-state index in [2.05, 4.69) is 108 Å². The number of nitriles is 1. The van der Waals surface area contributed by atoms with Crippen LogP contribution < -0.4 is 9.64 Å². The molecule has 39 heavy (non-hydrogen) atoms. The lowest BCUT2D eigenvalue weighted by Gasteiger charge is -2.29. The molecule has 0 unspecified atom stereocenters. The normalized spacial score (nSPS) is 13.0. The Hall–Kier alpha value is -5.07. The van der Waals surface area contributed by atoms with Crippen LogP contribution in [0, 0.1) is 11.3 Å². The number of hydrogen-bond donors (Lipinski definition) is 0.